The van der Waals surface area contributed by atoms with E-state index in [4.69, 9.17) is 4.74 Å². The smallest absolute Gasteiger partial charge is 0.295 e. The molecule has 3 rings (SSSR count). The highest BCUT2D eigenvalue weighted by Gasteiger charge is 2.45. The lowest BCUT2D eigenvalue weighted by Gasteiger charge is -2.25. The van der Waals surface area contributed by atoms with Gasteiger partial charge >= 0.3 is 0 Å². The lowest BCUT2D eigenvalue weighted by Crippen LogP contribution is -3.05. The Morgan fingerprint density at radius 1 is 1.12 bits per heavy atom. The second kappa shape index (κ2) is 10.0. The molecule has 6 heteroatoms. The van der Waals surface area contributed by atoms with Gasteiger partial charge in [0.25, 0.3) is 11.7 Å². The van der Waals surface area contributed by atoms with Gasteiger partial charge in [0, 0.05) is 18.5 Å². The third-order valence-electron chi connectivity index (χ3n) is 5.99. The number of carbonyl (C=O) groups is 2. The van der Waals surface area contributed by atoms with Crippen LogP contribution in [0.3, 0.4) is 0 Å². The third kappa shape index (κ3) is 4.70. The average Bonchev–Trinajstić information content (AvgIpc) is 3.03. The number of rotatable bonds is 8. The van der Waals surface area contributed by atoms with Crippen molar-refractivity contribution >= 4 is 17.4 Å². The first kappa shape index (κ1) is 23.5. The molecule has 1 saturated heterocycles. The van der Waals surface area contributed by atoms with Crippen LogP contribution in [0.1, 0.15) is 41.6 Å². The van der Waals surface area contributed by atoms with Crippen LogP contribution in [0.4, 0.5) is 0 Å². The second-order valence-electron chi connectivity index (χ2n) is 8.58. The Kier molecular flexibility index (Phi) is 7.36. The van der Waals surface area contributed by atoms with Gasteiger partial charge in [0.15, 0.2) is 0 Å². The molecule has 0 aromatic heterocycles. The first-order valence-electron chi connectivity index (χ1n) is 11.1. The number of hydrogen-bond acceptors (Lipinski definition) is 4. The summed E-state index contributed by atoms with van der Waals surface area (Å²) < 4.78 is 5.31. The van der Waals surface area contributed by atoms with Crippen LogP contribution in [0, 0.1) is 6.92 Å². The summed E-state index contributed by atoms with van der Waals surface area (Å²) in [6.07, 6.45) is 1.66. The number of ether oxygens (including phenoxy) is 1. The fraction of sp³-hybridized carbons (Fsp3) is 0.385. The zero-order chi connectivity index (χ0) is 23.4. The van der Waals surface area contributed by atoms with Crippen LogP contribution in [0.5, 0.6) is 5.75 Å². The van der Waals surface area contributed by atoms with Gasteiger partial charge in [0.1, 0.15) is 11.5 Å². The molecule has 2 aromatic rings. The molecular weight excluding hydrogens is 404 g/mol. The number of aliphatic hydroxyl groups is 1. The molecule has 1 atom stereocenters. The van der Waals surface area contributed by atoms with Crippen LogP contribution in [-0.2, 0) is 16.0 Å². The first-order valence-corrected chi connectivity index (χ1v) is 11.1. The van der Waals surface area contributed by atoms with Crippen molar-refractivity contribution in [1.29, 1.82) is 0 Å². The summed E-state index contributed by atoms with van der Waals surface area (Å²) >= 11 is 0. The monoisotopic (exact) mass is 437 g/mol. The van der Waals surface area contributed by atoms with E-state index in [1.54, 1.807) is 30.2 Å². The lowest BCUT2D eigenvalue weighted by molar-refractivity contribution is -0.858. The second-order valence-corrected chi connectivity index (χ2v) is 8.58. The summed E-state index contributed by atoms with van der Waals surface area (Å²) in [5, 5.41) is 11.2. The molecular formula is C26H33N2O4+. The van der Waals surface area contributed by atoms with E-state index in [0.29, 0.717) is 17.9 Å². The highest BCUT2D eigenvalue weighted by atomic mass is 16.5. The lowest BCUT2D eigenvalue weighted by atomic mass is 9.94. The number of quaternary nitrogens is 1. The van der Waals surface area contributed by atoms with E-state index in [1.165, 1.54) is 10.5 Å². The Balaban J connectivity index is 2.10. The van der Waals surface area contributed by atoms with Gasteiger partial charge in [-0.3, -0.25) is 9.59 Å². The highest BCUT2D eigenvalue weighted by Crippen LogP contribution is 2.40. The molecule has 170 valence electrons. The van der Waals surface area contributed by atoms with Crippen molar-refractivity contribution in [2.45, 2.75) is 32.7 Å². The van der Waals surface area contributed by atoms with Crippen molar-refractivity contribution in [2.75, 3.05) is 34.3 Å². The van der Waals surface area contributed by atoms with Crippen molar-refractivity contribution in [3.8, 4) is 5.75 Å². The maximum atomic E-state index is 13.1. The summed E-state index contributed by atoms with van der Waals surface area (Å²) in [6, 6.07) is 12.5. The van der Waals surface area contributed by atoms with Crippen molar-refractivity contribution in [3.63, 3.8) is 0 Å². The van der Waals surface area contributed by atoms with Gasteiger partial charge < -0.3 is 19.6 Å². The first-order chi connectivity index (χ1) is 15.3. The molecule has 0 aliphatic carbocycles. The van der Waals surface area contributed by atoms with Gasteiger partial charge in [-0.25, -0.2) is 0 Å². The zero-order valence-electron chi connectivity index (χ0n) is 19.6. The number of methoxy groups -OCH3 is 1. The molecule has 0 bridgehead atoms. The summed E-state index contributed by atoms with van der Waals surface area (Å²) in [5.74, 6) is -0.660. The Labute approximate surface area is 190 Å². The maximum Gasteiger partial charge on any atom is 0.295 e. The number of nitrogens with one attached hydrogen (secondary N) is 1. The van der Waals surface area contributed by atoms with E-state index in [0.717, 1.165) is 30.5 Å². The number of ketones is 1. The van der Waals surface area contributed by atoms with Crippen LogP contribution in [-0.4, -0.2) is 56.0 Å². The van der Waals surface area contributed by atoms with Gasteiger partial charge in [0.05, 0.1) is 39.4 Å². The normalized spacial score (nSPS) is 17.9. The summed E-state index contributed by atoms with van der Waals surface area (Å²) in [4.78, 5) is 29.0. The molecule has 1 fully saturated rings. The molecule has 1 aliphatic rings. The van der Waals surface area contributed by atoms with Crippen LogP contribution in [0.15, 0.2) is 48.0 Å². The maximum absolute atomic E-state index is 13.1. The quantitative estimate of drug-likeness (QED) is 0.378. The number of hydrogen-bond donors (Lipinski definition) is 2. The van der Waals surface area contributed by atoms with Crippen molar-refractivity contribution in [1.82, 2.24) is 4.90 Å². The van der Waals surface area contributed by atoms with Crippen molar-refractivity contribution < 1.29 is 24.3 Å². The molecule has 0 spiro atoms. The predicted molar refractivity (Wildman–Crippen MR) is 125 cm³/mol. The number of amides is 1. The number of Topliss-reactive ketones (excluding diaryl/α,β-unsaturated/α-hetero) is 1. The molecule has 6 nitrogen and oxygen atoms in total. The largest absolute Gasteiger partial charge is 0.507 e. The molecule has 32 heavy (non-hydrogen) atoms. The Morgan fingerprint density at radius 2 is 1.81 bits per heavy atom. The van der Waals surface area contributed by atoms with Crippen LogP contribution < -0.4 is 9.64 Å². The van der Waals surface area contributed by atoms with E-state index < -0.39 is 17.7 Å². The van der Waals surface area contributed by atoms with Gasteiger partial charge in [-0.15, -0.1) is 0 Å². The molecule has 1 unspecified atom stereocenters. The number of nitrogens with zero attached hydrogens (tertiary/aromatic N) is 1. The van der Waals surface area contributed by atoms with Gasteiger partial charge in [0.2, 0.25) is 0 Å². The highest BCUT2D eigenvalue weighted by molar-refractivity contribution is 6.46. The fourth-order valence-electron chi connectivity index (χ4n) is 4.18. The van der Waals surface area contributed by atoms with E-state index in [-0.39, 0.29) is 11.3 Å². The number of aliphatic hydroxyl groups excluding tert-OH is 1. The van der Waals surface area contributed by atoms with Gasteiger partial charge in [-0.05, 0) is 48.2 Å². The molecule has 2 aromatic carbocycles. The van der Waals surface area contributed by atoms with Crippen molar-refractivity contribution in [2.24, 2.45) is 0 Å². The minimum absolute atomic E-state index is 0.140. The summed E-state index contributed by atoms with van der Waals surface area (Å²) in [5.41, 5.74) is 3.47. The van der Waals surface area contributed by atoms with Crippen molar-refractivity contribution in [3.05, 3.63) is 70.3 Å². The number of likely N-dealkylation sites (tertiary alicyclic amines) is 1. The fourth-order valence-corrected chi connectivity index (χ4v) is 4.18. The molecule has 0 saturated carbocycles. The molecule has 1 heterocycles. The Bertz CT molecular complexity index is 1020. The van der Waals surface area contributed by atoms with Gasteiger partial charge in [-0.1, -0.05) is 31.2 Å². The van der Waals surface area contributed by atoms with E-state index in [1.807, 2.05) is 31.2 Å². The van der Waals surface area contributed by atoms with Crippen LogP contribution >= 0.6 is 0 Å². The number of benzene rings is 2. The predicted octanol–water partition coefficient (Wildman–Crippen LogP) is 2.52. The Hall–Kier alpha value is -3.12. The number of carbonyl (C=O) groups excluding carboxylic acids is 2. The zero-order valence-corrected chi connectivity index (χ0v) is 19.6. The molecule has 1 aliphatic heterocycles. The molecule has 1 amide bonds. The molecule has 2 N–H and O–H groups in total. The average molecular weight is 438 g/mol. The van der Waals surface area contributed by atoms with E-state index >= 15 is 0 Å². The third-order valence-corrected chi connectivity index (χ3v) is 5.99. The summed E-state index contributed by atoms with van der Waals surface area (Å²) in [6.45, 7) is 5.28. The summed E-state index contributed by atoms with van der Waals surface area (Å²) in [7, 11) is 5.70. The minimum Gasteiger partial charge on any atom is -0.507 e. The Morgan fingerprint density at radius 3 is 2.38 bits per heavy atom. The number of aryl methyl sites for hydroxylation is 2. The molecule has 0 radical (unpaired) electrons. The topological polar surface area (TPSA) is 71.3 Å². The standard InChI is InChI=1S/C26H32N2O4/c1-6-18-8-10-19(11-9-18)23-22(24(29)20-12-13-21(32-5)17(2)16-20)25(30)26(31)28(23)15-7-14-27(3)4/h8-13,16,23,29H,6-7,14-15H2,1-5H3/p+1. The van der Waals surface area contributed by atoms with Gasteiger partial charge in [-0.2, -0.15) is 0 Å². The van der Waals surface area contributed by atoms with E-state index in [2.05, 4.69) is 21.0 Å². The van der Waals surface area contributed by atoms with E-state index in [9.17, 15) is 14.7 Å². The van der Waals surface area contributed by atoms with Crippen LogP contribution in [0.2, 0.25) is 0 Å². The minimum atomic E-state index is -0.641. The SMILES string of the molecule is CCc1ccc(C2C(=C(O)c3ccc(OC)c(C)c3)C(=O)C(=O)N2CCC[NH+](C)C)cc1. The van der Waals surface area contributed by atoms with Crippen LogP contribution in [0.25, 0.3) is 5.76 Å².